The lowest BCUT2D eigenvalue weighted by Gasteiger charge is -2.08. The van der Waals surface area contributed by atoms with Crippen LogP contribution in [-0.4, -0.2) is 5.91 Å². The first-order valence-electron chi connectivity index (χ1n) is 7.39. The third-order valence-corrected chi connectivity index (χ3v) is 3.90. The van der Waals surface area contributed by atoms with Gasteiger partial charge in [0.2, 0.25) is 0 Å². The number of carbonyl (C=O) groups is 1. The van der Waals surface area contributed by atoms with Gasteiger partial charge in [-0.2, -0.15) is 0 Å². The van der Waals surface area contributed by atoms with Gasteiger partial charge in [0.15, 0.2) is 0 Å². The Balaban J connectivity index is 1.73. The Kier molecular flexibility index (Phi) is 3.87. The van der Waals surface area contributed by atoms with Gasteiger partial charge in [0.05, 0.1) is 0 Å². The van der Waals surface area contributed by atoms with Crippen molar-refractivity contribution in [3.63, 3.8) is 0 Å². The molecule has 2 aromatic rings. The highest BCUT2D eigenvalue weighted by Crippen LogP contribution is 2.25. The molecule has 0 heterocycles. The van der Waals surface area contributed by atoms with E-state index in [1.165, 1.54) is 17.5 Å². The minimum Gasteiger partial charge on any atom is -0.322 e. The van der Waals surface area contributed by atoms with E-state index in [1.54, 1.807) is 0 Å². The summed E-state index contributed by atoms with van der Waals surface area (Å²) in [4.78, 5) is 12.2. The molecule has 106 valence electrons. The first-order valence-corrected chi connectivity index (χ1v) is 7.39. The molecule has 0 saturated carbocycles. The molecule has 0 aliphatic heterocycles. The van der Waals surface area contributed by atoms with Gasteiger partial charge in [0.1, 0.15) is 0 Å². The molecule has 0 aromatic heterocycles. The van der Waals surface area contributed by atoms with Crippen molar-refractivity contribution in [2.75, 3.05) is 5.32 Å². The Morgan fingerprint density at radius 2 is 1.81 bits per heavy atom. The molecule has 1 aliphatic rings. The van der Waals surface area contributed by atoms with E-state index in [2.05, 4.69) is 17.4 Å². The fourth-order valence-electron chi connectivity index (χ4n) is 2.74. The molecule has 0 saturated heterocycles. The van der Waals surface area contributed by atoms with Gasteiger partial charge in [-0.3, -0.25) is 4.79 Å². The predicted octanol–water partition coefficient (Wildman–Crippen LogP) is 4.22. The van der Waals surface area contributed by atoms with E-state index in [-0.39, 0.29) is 5.91 Å². The van der Waals surface area contributed by atoms with Crippen molar-refractivity contribution in [1.29, 1.82) is 0 Å². The summed E-state index contributed by atoms with van der Waals surface area (Å²) in [5.74, 6) is -0.0446. The molecule has 0 unspecified atom stereocenters. The maximum absolute atomic E-state index is 12.2. The van der Waals surface area contributed by atoms with Crippen LogP contribution in [0.3, 0.4) is 0 Å². The summed E-state index contributed by atoms with van der Waals surface area (Å²) < 4.78 is 0. The molecule has 3 rings (SSSR count). The summed E-state index contributed by atoms with van der Waals surface area (Å²) in [6.45, 7) is 1.84. The number of carbonyl (C=O) groups excluding carboxylic acids is 1. The molecule has 1 amide bonds. The molecule has 0 radical (unpaired) electrons. The van der Waals surface area contributed by atoms with E-state index in [4.69, 9.17) is 0 Å². The largest absolute Gasteiger partial charge is 0.322 e. The topological polar surface area (TPSA) is 29.1 Å². The molecular weight excluding hydrogens is 258 g/mol. The van der Waals surface area contributed by atoms with Gasteiger partial charge < -0.3 is 5.32 Å². The van der Waals surface area contributed by atoms with Crippen molar-refractivity contribution in [3.05, 3.63) is 70.8 Å². The fraction of sp³-hybridized carbons (Fsp3) is 0.211. The first-order chi connectivity index (χ1) is 10.2. The van der Waals surface area contributed by atoms with Crippen LogP contribution in [0.4, 0.5) is 5.69 Å². The third-order valence-electron chi connectivity index (χ3n) is 3.90. The molecule has 21 heavy (non-hydrogen) atoms. The highest BCUT2D eigenvalue weighted by molar-refractivity contribution is 6.06. The van der Waals surface area contributed by atoms with Gasteiger partial charge in [-0.25, -0.2) is 0 Å². The molecule has 0 atom stereocenters. The van der Waals surface area contributed by atoms with Gasteiger partial charge in [0, 0.05) is 11.3 Å². The minimum atomic E-state index is -0.0446. The van der Waals surface area contributed by atoms with Crippen molar-refractivity contribution in [3.8, 4) is 0 Å². The lowest BCUT2D eigenvalue weighted by Crippen LogP contribution is -2.12. The zero-order valence-corrected chi connectivity index (χ0v) is 12.2. The molecular formula is C19H19NO. The Hall–Kier alpha value is -2.35. The second kappa shape index (κ2) is 5.96. The van der Waals surface area contributed by atoms with Gasteiger partial charge >= 0.3 is 0 Å². The number of fused-ring (bicyclic) bond motifs is 1. The van der Waals surface area contributed by atoms with Crippen LogP contribution in [0.5, 0.6) is 0 Å². The summed E-state index contributed by atoms with van der Waals surface area (Å²) in [5.41, 5.74) is 5.43. The summed E-state index contributed by atoms with van der Waals surface area (Å²) in [5, 5.41) is 2.98. The number of hydrogen-bond acceptors (Lipinski definition) is 1. The van der Waals surface area contributed by atoms with Gasteiger partial charge in [-0.05, 0) is 61.1 Å². The number of benzene rings is 2. The Morgan fingerprint density at radius 3 is 2.62 bits per heavy atom. The normalized spacial score (nSPS) is 13.9. The van der Waals surface area contributed by atoms with E-state index < -0.39 is 0 Å². The maximum atomic E-state index is 12.2. The summed E-state index contributed by atoms with van der Waals surface area (Å²) >= 11 is 0. The van der Waals surface area contributed by atoms with Crippen LogP contribution >= 0.6 is 0 Å². The van der Waals surface area contributed by atoms with Crippen LogP contribution in [0.2, 0.25) is 0 Å². The standard InChI is InChI=1S/C19H19NO/c1-14(12-15-6-3-2-4-7-15)19(21)20-18-11-10-16-8-5-9-17(16)13-18/h2-4,6-7,10-13H,5,8-9H2,1H3,(H,20,21)/b14-12+. The molecule has 0 bridgehead atoms. The lowest BCUT2D eigenvalue weighted by molar-refractivity contribution is -0.112. The highest BCUT2D eigenvalue weighted by atomic mass is 16.1. The summed E-state index contributed by atoms with van der Waals surface area (Å²) in [6.07, 6.45) is 5.41. The number of nitrogens with one attached hydrogen (secondary N) is 1. The molecule has 2 nitrogen and oxygen atoms in total. The molecule has 0 spiro atoms. The molecule has 1 aliphatic carbocycles. The lowest BCUT2D eigenvalue weighted by atomic mass is 10.1. The van der Waals surface area contributed by atoms with Crippen LogP contribution in [0.15, 0.2) is 54.1 Å². The molecule has 2 heteroatoms. The fourth-order valence-corrected chi connectivity index (χ4v) is 2.74. The van der Waals surface area contributed by atoms with Crippen molar-refractivity contribution < 1.29 is 4.79 Å². The average Bonchev–Trinajstić information content (AvgIpc) is 2.95. The number of anilines is 1. The molecule has 1 N–H and O–H groups in total. The van der Waals surface area contributed by atoms with E-state index >= 15 is 0 Å². The third kappa shape index (κ3) is 3.22. The first kappa shape index (κ1) is 13.6. The van der Waals surface area contributed by atoms with Crippen molar-refractivity contribution in [2.45, 2.75) is 26.2 Å². The number of hydrogen-bond donors (Lipinski definition) is 1. The number of amides is 1. The predicted molar refractivity (Wildman–Crippen MR) is 87.2 cm³/mol. The second-order valence-corrected chi connectivity index (χ2v) is 5.53. The van der Waals surface area contributed by atoms with E-state index in [1.807, 2.05) is 49.4 Å². The van der Waals surface area contributed by atoms with Gasteiger partial charge in [-0.15, -0.1) is 0 Å². The van der Waals surface area contributed by atoms with Gasteiger partial charge in [-0.1, -0.05) is 36.4 Å². The minimum absolute atomic E-state index is 0.0446. The summed E-state index contributed by atoms with van der Waals surface area (Å²) in [7, 11) is 0. The Morgan fingerprint density at radius 1 is 1.05 bits per heavy atom. The SMILES string of the molecule is C/C(=C\c1ccccc1)C(=O)Nc1ccc2c(c1)CCC2. The van der Waals surface area contributed by atoms with Crippen LogP contribution in [0, 0.1) is 0 Å². The molecule has 0 fully saturated rings. The second-order valence-electron chi connectivity index (χ2n) is 5.53. The highest BCUT2D eigenvalue weighted by Gasteiger charge is 2.12. The quantitative estimate of drug-likeness (QED) is 0.836. The zero-order chi connectivity index (χ0) is 14.7. The van der Waals surface area contributed by atoms with Gasteiger partial charge in [0.25, 0.3) is 5.91 Å². The zero-order valence-electron chi connectivity index (χ0n) is 12.2. The smallest absolute Gasteiger partial charge is 0.251 e. The number of rotatable bonds is 3. The van der Waals surface area contributed by atoms with E-state index in [0.29, 0.717) is 5.57 Å². The Labute approximate surface area is 125 Å². The monoisotopic (exact) mass is 277 g/mol. The van der Waals surface area contributed by atoms with Crippen LogP contribution in [0.25, 0.3) is 6.08 Å². The van der Waals surface area contributed by atoms with Crippen molar-refractivity contribution >= 4 is 17.7 Å². The number of aryl methyl sites for hydroxylation is 2. The van der Waals surface area contributed by atoms with E-state index in [0.717, 1.165) is 24.1 Å². The van der Waals surface area contributed by atoms with Crippen LogP contribution < -0.4 is 5.32 Å². The van der Waals surface area contributed by atoms with Crippen LogP contribution in [0.1, 0.15) is 30.0 Å². The average molecular weight is 277 g/mol. The van der Waals surface area contributed by atoms with Crippen molar-refractivity contribution in [2.24, 2.45) is 0 Å². The van der Waals surface area contributed by atoms with E-state index in [9.17, 15) is 4.79 Å². The Bertz CT molecular complexity index is 686. The van der Waals surface area contributed by atoms with Crippen LogP contribution in [-0.2, 0) is 17.6 Å². The summed E-state index contributed by atoms with van der Waals surface area (Å²) in [6, 6.07) is 16.1. The molecule has 2 aromatic carbocycles. The maximum Gasteiger partial charge on any atom is 0.251 e. The van der Waals surface area contributed by atoms with Crippen molar-refractivity contribution in [1.82, 2.24) is 0 Å².